The van der Waals surface area contributed by atoms with Crippen molar-refractivity contribution in [2.24, 2.45) is 72.5 Å². The number of guanidine groups is 3. The zero-order valence-corrected chi connectivity index (χ0v) is 59.4. The summed E-state index contributed by atoms with van der Waals surface area (Å²) in [6.07, 6.45) is 5.13. The molecule has 10 amide bonds. The van der Waals surface area contributed by atoms with Gasteiger partial charge in [0, 0.05) is 68.8 Å². The van der Waals surface area contributed by atoms with E-state index >= 15 is 4.79 Å². The van der Waals surface area contributed by atoms with E-state index in [4.69, 9.17) is 34.4 Å². The largest absolute Gasteiger partial charge is 0.480 e. The van der Waals surface area contributed by atoms with Gasteiger partial charge in [0.05, 0.1) is 19.3 Å². The first-order valence-corrected chi connectivity index (χ1v) is 36.4. The first kappa shape index (κ1) is 79.7. The van der Waals surface area contributed by atoms with E-state index in [1.165, 1.54) is 28.1 Å². The summed E-state index contributed by atoms with van der Waals surface area (Å²) in [6, 6.07) is 8.32. The summed E-state index contributed by atoms with van der Waals surface area (Å²) in [6.45, 7) is -0.413. The third-order valence-electron chi connectivity index (χ3n) is 20.0. The van der Waals surface area contributed by atoms with Crippen LogP contribution in [0.1, 0.15) is 119 Å². The topological polar surface area (TPSA) is 536 Å². The minimum absolute atomic E-state index is 0.0226. The van der Waals surface area contributed by atoms with Gasteiger partial charge in [-0.1, -0.05) is 66.7 Å². The Morgan fingerprint density at radius 1 is 0.596 bits per heavy atom. The van der Waals surface area contributed by atoms with Crippen molar-refractivity contribution >= 4 is 94.3 Å². The molecule has 2 saturated heterocycles. The predicted molar refractivity (Wildman–Crippen MR) is 385 cm³/mol. The van der Waals surface area contributed by atoms with E-state index in [2.05, 4.69) is 52.2 Å². The number of thiophene rings is 1. The van der Waals surface area contributed by atoms with E-state index < -0.39 is 138 Å². The molecule has 34 heteroatoms. The van der Waals surface area contributed by atoms with Crippen molar-refractivity contribution < 1.29 is 68.1 Å². The molecule has 2 aromatic carbocycles. The SMILES string of the molecule is C[C@@H](C(=O)N[C@@H](CCCN=C(N)N)C(=O)O)N(Cc1ccccc1)C(=O)[C@@H](Cc1ccccc1)NC(=O)[C@H](CO)NC(=O)[C@H](Cc1cccs1)NC(=O)CNC(=O)[C@@H]1CC(O)CN1C(=O)[C@@H]1CCCN1C(=O)[C@@H](CCCN=C(N)N)NC(=O)[C@@H](CCCN=C(N)N)NC(=O)C12CC3CC(CC(C3)C1)C2. The lowest BCUT2D eigenvalue weighted by Crippen LogP contribution is -2.60. The standard InChI is InChI=1S/C70H101N19O14S/c1-40(57(93)83-50(65(101)102)20-10-24-79-69(75)76)88(37-42-15-6-3-7-16-42)63(99)52(30-41-13-4-2-5-14-41)84-60(96)53(39-90)85-59(95)51(32-47-17-12-26-104-47)81-56(92)36-80-61(97)55-31-46(91)38-89(55)64(100)54-21-11-25-87(54)62(98)49(19-9-23-78-68(73)74)82-58(94)48(18-8-22-77-67(71)72)86-66(103)70-33-43-27-44(34-70)29-45(28-43)35-70/h2-7,12-17,26,40,43-46,48-55,90-91H,8-11,18-25,27-39H2,1H3,(H,80,97)(H,81,92)(H,82,94)(H,83,93)(H,84,96)(H,85,95)(H,86,103)(H,101,102)(H4,71,72,77)(H4,73,74,78)(H4,75,76,79)/t40-,43?,44?,45?,46?,48+,49+,50-,51-,52+,53-,54-,55-,70?/m0/s1. The van der Waals surface area contributed by atoms with Crippen LogP contribution in [0, 0.1) is 23.2 Å². The van der Waals surface area contributed by atoms with Gasteiger partial charge in [-0.05, 0) is 137 Å². The van der Waals surface area contributed by atoms with E-state index in [0.29, 0.717) is 46.6 Å². The van der Waals surface area contributed by atoms with Crippen molar-refractivity contribution in [2.75, 3.05) is 45.9 Å². The van der Waals surface area contributed by atoms with Crippen molar-refractivity contribution in [3.63, 3.8) is 0 Å². The summed E-state index contributed by atoms with van der Waals surface area (Å²) >= 11 is 1.25. The van der Waals surface area contributed by atoms with Crippen LogP contribution in [0.25, 0.3) is 0 Å². The van der Waals surface area contributed by atoms with Gasteiger partial charge >= 0.3 is 5.97 Å². The number of rotatable bonds is 38. The summed E-state index contributed by atoms with van der Waals surface area (Å²) in [5.41, 5.74) is 33.8. The number of aliphatic hydroxyl groups is 2. The molecule has 9 rings (SSSR count). The van der Waals surface area contributed by atoms with Crippen molar-refractivity contribution in [2.45, 2.75) is 183 Å². The molecule has 0 spiro atoms. The number of carbonyl (C=O) groups excluding carboxylic acids is 10. The highest BCUT2D eigenvalue weighted by molar-refractivity contribution is 7.09. The molecule has 6 aliphatic rings. The lowest BCUT2D eigenvalue weighted by Gasteiger charge is -2.55. The Balaban J connectivity index is 0.925. The van der Waals surface area contributed by atoms with Crippen LogP contribution in [0.15, 0.2) is 93.2 Å². The fourth-order valence-corrected chi connectivity index (χ4v) is 16.0. The van der Waals surface area contributed by atoms with E-state index in [1.807, 2.05) is 0 Å². The van der Waals surface area contributed by atoms with Gasteiger partial charge in [0.15, 0.2) is 17.9 Å². The van der Waals surface area contributed by atoms with E-state index in [9.17, 15) is 63.3 Å². The van der Waals surface area contributed by atoms with Crippen LogP contribution in [0.5, 0.6) is 0 Å². The number of nitrogens with two attached hydrogens (primary N) is 6. The summed E-state index contributed by atoms with van der Waals surface area (Å²) in [5, 5.41) is 52.3. The molecule has 6 fully saturated rings. The molecule has 1 aromatic heterocycles. The second kappa shape index (κ2) is 38.0. The molecule has 3 aromatic rings. The summed E-state index contributed by atoms with van der Waals surface area (Å²) < 4.78 is 0. The number of likely N-dealkylation sites (tertiary alicyclic amines) is 2. The van der Waals surface area contributed by atoms with Crippen LogP contribution in [-0.4, -0.2) is 219 Å². The molecule has 2 aliphatic heterocycles. The fraction of sp³-hybridized carbons (Fsp3) is 0.571. The van der Waals surface area contributed by atoms with E-state index in [1.54, 1.807) is 78.2 Å². The van der Waals surface area contributed by atoms with Crippen LogP contribution >= 0.6 is 11.3 Å². The molecule has 566 valence electrons. The highest BCUT2D eigenvalue weighted by atomic mass is 32.1. The van der Waals surface area contributed by atoms with Crippen LogP contribution in [0.4, 0.5) is 0 Å². The third-order valence-corrected chi connectivity index (χ3v) is 20.9. The number of β-amino-alcohol motifs (C(OH)–C–C–N with tert-alkyl or cyclic N) is 1. The predicted octanol–water partition coefficient (Wildman–Crippen LogP) is -2.62. The summed E-state index contributed by atoms with van der Waals surface area (Å²) in [7, 11) is 0. The van der Waals surface area contributed by atoms with Gasteiger partial charge in [-0.2, -0.15) is 0 Å². The molecule has 33 nitrogen and oxygen atoms in total. The average molecular weight is 1460 g/mol. The molecule has 1 unspecified atom stereocenters. The first-order valence-electron chi connectivity index (χ1n) is 35.5. The van der Waals surface area contributed by atoms with Gasteiger partial charge in [-0.3, -0.25) is 62.9 Å². The van der Waals surface area contributed by atoms with Crippen LogP contribution in [0.2, 0.25) is 0 Å². The zero-order chi connectivity index (χ0) is 75.2. The maximum absolute atomic E-state index is 15.0. The number of aliphatic imine (C=N–C) groups is 3. The number of aliphatic carboxylic acids is 1. The second-order valence-corrected chi connectivity index (χ2v) is 28.9. The van der Waals surface area contributed by atoms with E-state index in [0.717, 1.165) is 43.4 Å². The fourth-order valence-electron chi connectivity index (χ4n) is 15.2. The van der Waals surface area contributed by atoms with Gasteiger partial charge in [-0.25, -0.2) is 4.79 Å². The van der Waals surface area contributed by atoms with Crippen LogP contribution in [-0.2, 0) is 72.1 Å². The van der Waals surface area contributed by atoms with Crippen LogP contribution < -0.4 is 71.6 Å². The lowest BCUT2D eigenvalue weighted by molar-refractivity contribution is -0.149. The van der Waals surface area contributed by atoms with Gasteiger partial charge in [0.25, 0.3) is 0 Å². The minimum atomic E-state index is -1.75. The Hall–Kier alpha value is -9.96. The second-order valence-electron chi connectivity index (χ2n) is 27.9. The molecular weight excluding hydrogens is 1360 g/mol. The number of amides is 10. The normalized spacial score (nSPS) is 22.0. The van der Waals surface area contributed by atoms with Crippen molar-refractivity contribution in [3.8, 4) is 0 Å². The number of carbonyl (C=O) groups is 11. The van der Waals surface area contributed by atoms with Gasteiger partial charge in [-0.15, -0.1) is 11.3 Å². The maximum Gasteiger partial charge on any atom is 0.326 e. The zero-order valence-electron chi connectivity index (χ0n) is 58.6. The molecule has 0 radical (unpaired) electrons. The van der Waals surface area contributed by atoms with Gasteiger partial charge < -0.3 is 102 Å². The number of hydrogen-bond acceptors (Lipinski definition) is 17. The number of hydrogen-bond donors (Lipinski definition) is 16. The average Bonchev–Trinajstić information content (AvgIpc) is 0.899. The summed E-state index contributed by atoms with van der Waals surface area (Å²) in [4.78, 5) is 173. The quantitative estimate of drug-likeness (QED) is 0.0159. The first-order chi connectivity index (χ1) is 49.7. The maximum atomic E-state index is 15.0. The number of carboxylic acid groups (broad SMARTS) is 1. The molecule has 4 aliphatic carbocycles. The number of nitrogens with zero attached hydrogens (tertiary/aromatic N) is 6. The molecule has 22 N–H and O–H groups in total. The Bertz CT molecular complexity index is 3540. The van der Waals surface area contributed by atoms with Gasteiger partial charge in [0.1, 0.15) is 54.4 Å². The number of carboxylic acids is 1. The summed E-state index contributed by atoms with van der Waals surface area (Å²) in [5.74, 6) is -7.99. The monoisotopic (exact) mass is 1460 g/mol. The Morgan fingerprint density at radius 3 is 1.68 bits per heavy atom. The number of benzene rings is 2. The Kier molecular flexibility index (Phi) is 29.1. The van der Waals surface area contributed by atoms with Crippen LogP contribution in [0.3, 0.4) is 0 Å². The van der Waals surface area contributed by atoms with Crippen molar-refractivity contribution in [3.05, 3.63) is 94.2 Å². The Labute approximate surface area is 607 Å². The minimum Gasteiger partial charge on any atom is -0.480 e. The molecule has 3 heterocycles. The highest BCUT2D eigenvalue weighted by Crippen LogP contribution is 2.60. The molecule has 4 saturated carbocycles. The molecule has 4 bridgehead atoms. The number of aliphatic hydroxyl groups excluding tert-OH is 2. The highest BCUT2D eigenvalue weighted by Gasteiger charge is 2.55. The third kappa shape index (κ3) is 22.5. The smallest absolute Gasteiger partial charge is 0.326 e. The van der Waals surface area contributed by atoms with Crippen molar-refractivity contribution in [1.29, 1.82) is 0 Å². The Morgan fingerprint density at radius 2 is 1.12 bits per heavy atom. The molecule has 10 atom stereocenters. The number of nitrogens with one attached hydrogen (secondary N) is 7. The lowest BCUT2D eigenvalue weighted by atomic mass is 9.49. The molecule has 104 heavy (non-hydrogen) atoms. The van der Waals surface area contributed by atoms with E-state index in [-0.39, 0.29) is 121 Å². The molecular formula is C70H101N19O14S. The van der Waals surface area contributed by atoms with Crippen molar-refractivity contribution in [1.82, 2.24) is 51.9 Å². The van der Waals surface area contributed by atoms with Gasteiger partial charge in [0.2, 0.25) is 59.1 Å².